The summed E-state index contributed by atoms with van der Waals surface area (Å²) < 4.78 is 53.2. The average molecular weight is 445 g/mol. The van der Waals surface area contributed by atoms with Gasteiger partial charge in [-0.2, -0.15) is 0 Å². The highest BCUT2D eigenvalue weighted by Gasteiger charge is 2.20. The molecule has 3 rings (SSSR count). The van der Waals surface area contributed by atoms with Crippen LogP contribution in [0.3, 0.4) is 0 Å². The molecule has 0 aliphatic heterocycles. The number of fused-ring (bicyclic) bond motifs is 1. The Hall–Kier alpha value is -2.21. The van der Waals surface area contributed by atoms with E-state index in [0.29, 0.717) is 12.1 Å². The van der Waals surface area contributed by atoms with Gasteiger partial charge in [0.25, 0.3) is 0 Å². The molecule has 1 N–H and O–H groups in total. The third kappa shape index (κ3) is 4.27. The minimum absolute atomic E-state index is 0.0159. The summed E-state index contributed by atoms with van der Waals surface area (Å²) in [7, 11) is -7.60. The van der Waals surface area contributed by atoms with Gasteiger partial charge in [0.05, 0.1) is 9.92 Å². The normalized spacial score (nSPS) is 12.5. The van der Waals surface area contributed by atoms with Crippen molar-refractivity contribution >= 4 is 37.1 Å². The quantitative estimate of drug-likeness (QED) is 0.541. The second-order valence-corrected chi connectivity index (χ2v) is 10.2. The van der Waals surface area contributed by atoms with Crippen molar-refractivity contribution in [2.45, 2.75) is 22.8 Å². The Morgan fingerprint density at radius 2 is 1.89 bits per heavy atom. The van der Waals surface area contributed by atoms with E-state index in [0.717, 1.165) is 12.3 Å². The van der Waals surface area contributed by atoms with Crippen molar-refractivity contribution < 1.29 is 16.8 Å². The van der Waals surface area contributed by atoms with Crippen molar-refractivity contribution in [2.75, 3.05) is 12.8 Å². The second-order valence-electron chi connectivity index (χ2n) is 6.05. The van der Waals surface area contributed by atoms with E-state index in [1.807, 2.05) is 0 Å². The van der Waals surface area contributed by atoms with Crippen LogP contribution >= 0.6 is 11.6 Å². The Labute approximate surface area is 166 Å². The van der Waals surface area contributed by atoms with Crippen molar-refractivity contribution in [2.24, 2.45) is 0 Å². The fraction of sp³-hybridized carbons (Fsp3) is 0.250. The van der Waals surface area contributed by atoms with Gasteiger partial charge >= 0.3 is 5.69 Å². The number of aromatic nitrogens is 3. The zero-order valence-corrected chi connectivity index (χ0v) is 17.1. The van der Waals surface area contributed by atoms with Crippen LogP contribution in [0.1, 0.15) is 6.42 Å². The highest BCUT2D eigenvalue weighted by atomic mass is 35.5. The topological polar surface area (TPSA) is 120 Å². The first-order valence-electron chi connectivity index (χ1n) is 8.13. The number of nitrogens with one attached hydrogen (secondary N) is 1. The molecule has 0 amide bonds. The van der Waals surface area contributed by atoms with Crippen LogP contribution in [0.5, 0.6) is 0 Å². The monoisotopic (exact) mass is 444 g/mol. The fourth-order valence-corrected chi connectivity index (χ4v) is 4.87. The molecule has 1 aromatic carbocycles. The Bertz CT molecular complexity index is 1300. The van der Waals surface area contributed by atoms with Crippen LogP contribution in [0.2, 0.25) is 5.02 Å². The van der Waals surface area contributed by atoms with Gasteiger partial charge < -0.3 is 0 Å². The van der Waals surface area contributed by atoms with Crippen LogP contribution in [0.15, 0.2) is 57.2 Å². The molecule has 0 bridgehead atoms. The molecule has 0 aliphatic carbocycles. The summed E-state index contributed by atoms with van der Waals surface area (Å²) in [5.41, 5.74) is 0.180. The van der Waals surface area contributed by atoms with Gasteiger partial charge in [0.2, 0.25) is 10.0 Å². The van der Waals surface area contributed by atoms with E-state index in [4.69, 9.17) is 11.6 Å². The summed E-state index contributed by atoms with van der Waals surface area (Å²) in [6.07, 6.45) is 2.87. The third-order valence-electron chi connectivity index (χ3n) is 3.95. The van der Waals surface area contributed by atoms with Gasteiger partial charge in [0.1, 0.15) is 4.90 Å². The maximum absolute atomic E-state index is 12.5. The predicted octanol–water partition coefficient (Wildman–Crippen LogP) is 0.921. The standard InChI is InChI=1S/C16H17ClN4O5S2/c1-27(23,24)12-6-7-13(17)14(11-12)28(25,26)18-8-4-10-21-16(22)20-9-3-2-5-15(20)19-21/h2-3,5-7,9,11,18H,4,8,10H2,1H3. The molecule has 150 valence electrons. The van der Waals surface area contributed by atoms with Gasteiger partial charge in [-0.15, -0.1) is 5.10 Å². The highest BCUT2D eigenvalue weighted by Crippen LogP contribution is 2.24. The first kappa shape index (κ1) is 20.5. The average Bonchev–Trinajstić information content (AvgIpc) is 2.94. The van der Waals surface area contributed by atoms with E-state index in [1.54, 1.807) is 24.4 Å². The van der Waals surface area contributed by atoms with Gasteiger partial charge in [-0.3, -0.25) is 4.40 Å². The van der Waals surface area contributed by atoms with E-state index in [2.05, 4.69) is 9.82 Å². The minimum atomic E-state index is -4.02. The molecule has 3 aromatic rings. The number of hydrogen-bond donors (Lipinski definition) is 1. The molecule has 0 saturated heterocycles. The summed E-state index contributed by atoms with van der Waals surface area (Å²) >= 11 is 5.93. The number of halogens is 1. The highest BCUT2D eigenvalue weighted by molar-refractivity contribution is 7.91. The SMILES string of the molecule is CS(=O)(=O)c1ccc(Cl)c(S(=O)(=O)NCCCn2nc3ccccn3c2=O)c1. The number of sulfone groups is 1. The zero-order chi connectivity index (χ0) is 20.5. The lowest BCUT2D eigenvalue weighted by molar-refractivity contribution is 0.543. The molecular weight excluding hydrogens is 428 g/mol. The molecule has 0 spiro atoms. The molecule has 0 fully saturated rings. The second kappa shape index (κ2) is 7.66. The number of sulfonamides is 1. The van der Waals surface area contributed by atoms with E-state index in [-0.39, 0.29) is 33.6 Å². The Balaban J connectivity index is 1.70. The molecule has 9 nitrogen and oxygen atoms in total. The predicted molar refractivity (Wildman–Crippen MR) is 104 cm³/mol. The summed E-state index contributed by atoms with van der Waals surface area (Å²) in [4.78, 5) is 11.7. The van der Waals surface area contributed by atoms with Crippen molar-refractivity contribution in [3.63, 3.8) is 0 Å². The molecule has 0 radical (unpaired) electrons. The Morgan fingerprint density at radius 3 is 2.57 bits per heavy atom. The molecular formula is C16H17ClN4O5S2. The number of hydrogen-bond acceptors (Lipinski definition) is 6. The number of pyridine rings is 1. The molecule has 0 aliphatic rings. The molecule has 2 aromatic heterocycles. The number of nitrogens with zero attached hydrogens (tertiary/aromatic N) is 3. The Kier molecular flexibility index (Phi) is 5.62. The number of benzene rings is 1. The molecule has 12 heteroatoms. The van der Waals surface area contributed by atoms with Gasteiger partial charge in [-0.1, -0.05) is 17.7 Å². The van der Waals surface area contributed by atoms with Crippen LogP contribution in [-0.4, -0.2) is 43.8 Å². The minimum Gasteiger partial charge on any atom is -0.250 e. The third-order valence-corrected chi connectivity index (χ3v) is 7.00. The zero-order valence-electron chi connectivity index (χ0n) is 14.7. The van der Waals surface area contributed by atoms with E-state index in [1.165, 1.54) is 21.2 Å². The van der Waals surface area contributed by atoms with Crippen molar-refractivity contribution in [1.29, 1.82) is 0 Å². The molecule has 2 heterocycles. The first-order chi connectivity index (χ1) is 13.1. The van der Waals surface area contributed by atoms with Crippen molar-refractivity contribution in [1.82, 2.24) is 18.9 Å². The van der Waals surface area contributed by atoms with Crippen LogP contribution in [0, 0.1) is 0 Å². The summed E-state index contributed by atoms with van der Waals surface area (Å²) in [6, 6.07) is 8.65. The maximum Gasteiger partial charge on any atom is 0.350 e. The first-order valence-corrected chi connectivity index (χ1v) is 11.9. The molecule has 0 saturated carbocycles. The molecule has 0 unspecified atom stereocenters. The van der Waals surface area contributed by atoms with Gasteiger partial charge in [0, 0.05) is 25.5 Å². The summed E-state index contributed by atoms with van der Waals surface area (Å²) in [5.74, 6) is 0. The van der Waals surface area contributed by atoms with E-state index < -0.39 is 19.9 Å². The van der Waals surface area contributed by atoms with E-state index in [9.17, 15) is 21.6 Å². The van der Waals surface area contributed by atoms with Crippen LogP contribution < -0.4 is 10.4 Å². The number of aryl methyl sites for hydroxylation is 1. The van der Waals surface area contributed by atoms with Crippen LogP contribution in [-0.2, 0) is 26.4 Å². The number of rotatable bonds is 7. The molecule has 28 heavy (non-hydrogen) atoms. The summed E-state index contributed by atoms with van der Waals surface area (Å²) in [5, 5.41) is 4.07. The Morgan fingerprint density at radius 1 is 1.14 bits per heavy atom. The maximum atomic E-state index is 12.5. The van der Waals surface area contributed by atoms with Crippen LogP contribution in [0.25, 0.3) is 5.65 Å². The van der Waals surface area contributed by atoms with Crippen molar-refractivity contribution in [3.05, 3.63) is 58.1 Å². The fourth-order valence-electron chi connectivity index (χ4n) is 2.55. The smallest absolute Gasteiger partial charge is 0.250 e. The molecule has 0 atom stereocenters. The largest absolute Gasteiger partial charge is 0.350 e. The lowest BCUT2D eigenvalue weighted by Gasteiger charge is -2.09. The lowest BCUT2D eigenvalue weighted by Crippen LogP contribution is -2.28. The van der Waals surface area contributed by atoms with Crippen molar-refractivity contribution in [3.8, 4) is 0 Å². The van der Waals surface area contributed by atoms with Gasteiger partial charge in [-0.25, -0.2) is 31.0 Å². The summed E-state index contributed by atoms with van der Waals surface area (Å²) in [6.45, 7) is 0.224. The van der Waals surface area contributed by atoms with Crippen LogP contribution in [0.4, 0.5) is 0 Å². The van der Waals surface area contributed by atoms with Gasteiger partial charge in [-0.05, 0) is 36.8 Å². The lowest BCUT2D eigenvalue weighted by atomic mass is 10.4. The van der Waals surface area contributed by atoms with Gasteiger partial charge in [0.15, 0.2) is 15.5 Å². The van der Waals surface area contributed by atoms with E-state index >= 15 is 0 Å².